The van der Waals surface area contributed by atoms with E-state index in [2.05, 4.69) is 32.9 Å². The summed E-state index contributed by atoms with van der Waals surface area (Å²) < 4.78 is 6.86. The molecule has 5 aromatic rings. The van der Waals surface area contributed by atoms with E-state index in [0.717, 1.165) is 86.5 Å². The van der Waals surface area contributed by atoms with Crippen LogP contribution in [0, 0.1) is 17.2 Å². The van der Waals surface area contributed by atoms with Crippen LogP contribution in [-0.4, -0.2) is 97.9 Å². The minimum absolute atomic E-state index is 0.0794. The van der Waals surface area contributed by atoms with Crippen molar-refractivity contribution in [2.45, 2.75) is 70.9 Å². The van der Waals surface area contributed by atoms with Gasteiger partial charge in [0.15, 0.2) is 10.7 Å². The molecule has 14 nitrogen and oxygen atoms in total. The Balaban J connectivity index is 0.749. The molecule has 334 valence electrons. The predicted octanol–water partition coefficient (Wildman–Crippen LogP) is 6.26. The Labute approximate surface area is 386 Å². The number of carbonyl (C=O) groups is 2. The number of cyclic esters (lactones) is 1. The zero-order valence-corrected chi connectivity index (χ0v) is 38.1. The van der Waals surface area contributed by atoms with Gasteiger partial charge in [-0.25, -0.2) is 9.78 Å². The van der Waals surface area contributed by atoms with E-state index in [-0.39, 0.29) is 46.4 Å². The molecule has 10 rings (SSSR count). The molecule has 5 aliphatic rings. The third-order valence-electron chi connectivity index (χ3n) is 14.2. The number of phenols is 1. The Morgan fingerprint density at radius 1 is 0.923 bits per heavy atom. The van der Waals surface area contributed by atoms with Gasteiger partial charge in [0.25, 0.3) is 11.5 Å². The maximum atomic E-state index is 13.7. The van der Waals surface area contributed by atoms with Crippen LogP contribution < -0.4 is 20.3 Å². The minimum atomic E-state index is -1.89. The van der Waals surface area contributed by atoms with Gasteiger partial charge in [-0.1, -0.05) is 18.5 Å². The number of pyridine rings is 2. The van der Waals surface area contributed by atoms with E-state index in [9.17, 15) is 29.9 Å². The number of thiocarbonyl (C=S) groups is 1. The zero-order valence-electron chi connectivity index (χ0n) is 36.5. The molecule has 2 N–H and O–H groups in total. The molecule has 0 unspecified atom stereocenters. The fourth-order valence-electron chi connectivity index (χ4n) is 10.4. The first-order chi connectivity index (χ1) is 31.2. The average Bonchev–Trinajstić information content (AvgIpc) is 3.75. The topological polar surface area (TPSA) is 159 Å². The number of amides is 1. The quantitative estimate of drug-likeness (QED) is 0.130. The smallest absolute Gasteiger partial charge is 0.343 e. The molecule has 16 heteroatoms. The van der Waals surface area contributed by atoms with Gasteiger partial charge in [0.05, 0.1) is 45.3 Å². The summed E-state index contributed by atoms with van der Waals surface area (Å²) in [6, 6.07) is 22.5. The Hall–Kier alpha value is -5.89. The number of piperidine rings is 1. The number of hydrogen-bond donors (Lipinski definition) is 2. The van der Waals surface area contributed by atoms with Crippen molar-refractivity contribution in [1.82, 2.24) is 19.4 Å². The van der Waals surface area contributed by atoms with Gasteiger partial charge >= 0.3 is 5.97 Å². The number of anilines is 3. The van der Waals surface area contributed by atoms with Crippen molar-refractivity contribution in [3.8, 4) is 23.2 Å². The van der Waals surface area contributed by atoms with E-state index >= 15 is 0 Å². The summed E-state index contributed by atoms with van der Waals surface area (Å²) >= 11 is 12.2. The molecule has 3 fully saturated rings. The van der Waals surface area contributed by atoms with Crippen molar-refractivity contribution in [2.75, 3.05) is 60.5 Å². The lowest BCUT2D eigenvalue weighted by atomic mass is 9.86. The normalized spacial score (nSPS) is 21.1. The number of nitriles is 1. The summed E-state index contributed by atoms with van der Waals surface area (Å²) in [5, 5.41) is 33.2. The molecule has 0 saturated carbocycles. The van der Waals surface area contributed by atoms with Gasteiger partial charge in [0.2, 0.25) is 0 Å². The van der Waals surface area contributed by atoms with Gasteiger partial charge in [-0.05, 0) is 118 Å². The van der Waals surface area contributed by atoms with Crippen LogP contribution in [0.2, 0.25) is 5.02 Å². The molecule has 0 radical (unpaired) electrons. The van der Waals surface area contributed by atoms with Crippen molar-refractivity contribution in [1.29, 1.82) is 5.26 Å². The predicted molar refractivity (Wildman–Crippen MR) is 252 cm³/mol. The molecule has 5 aliphatic heterocycles. The highest BCUT2D eigenvalue weighted by molar-refractivity contribution is 7.81. The SMILES string of the molecule is CC[C@@]1(O)C(=O)OCc2c1cc1n(c2=O)Cc2cc3c(CN4CCN(CC5CCN(c6ccc(N7C(=S)N(c8ccc(C#N)c(Cl)c8)C(=O)C7(C)C)cc6)CC5)CC4)c(O)ccc3nc2-1. The molecule has 3 aromatic carbocycles. The number of nitrogens with zero attached hydrogens (tertiary/aromatic N) is 8. The zero-order chi connectivity index (χ0) is 45.5. The monoisotopic (exact) mass is 912 g/mol. The number of ether oxygens (including phenoxy) is 1. The fraction of sp³-hybridized carbons (Fsp3) is 0.388. The van der Waals surface area contributed by atoms with Gasteiger partial charge < -0.3 is 34.2 Å². The third kappa shape index (κ3) is 7.14. The average molecular weight is 914 g/mol. The number of esters is 1. The van der Waals surface area contributed by atoms with Crippen LogP contribution in [-0.2, 0) is 39.6 Å². The molecule has 1 amide bonds. The van der Waals surface area contributed by atoms with E-state index in [1.807, 2.05) is 36.9 Å². The Bertz CT molecular complexity index is 2920. The number of aromatic hydroxyl groups is 1. The summed E-state index contributed by atoms with van der Waals surface area (Å²) in [6.07, 6.45) is 2.26. The minimum Gasteiger partial charge on any atom is -0.508 e. The van der Waals surface area contributed by atoms with Gasteiger partial charge in [-0.15, -0.1) is 0 Å². The summed E-state index contributed by atoms with van der Waals surface area (Å²) in [7, 11) is 0. The number of aliphatic hydroxyl groups is 1. The summed E-state index contributed by atoms with van der Waals surface area (Å²) in [5.74, 6) is -0.112. The second-order valence-electron chi connectivity index (χ2n) is 18.3. The van der Waals surface area contributed by atoms with Crippen molar-refractivity contribution in [3.63, 3.8) is 0 Å². The summed E-state index contributed by atoms with van der Waals surface area (Å²) in [5.41, 5.74) is 3.85. The van der Waals surface area contributed by atoms with Gasteiger partial charge in [0, 0.05) is 85.8 Å². The molecular weight excluding hydrogens is 864 g/mol. The molecular formula is C49H49ClN8O6S. The number of hydrogen-bond acceptors (Lipinski definition) is 12. The van der Waals surface area contributed by atoms with Gasteiger partial charge in [0.1, 0.15) is 24.0 Å². The number of phenolic OH excluding ortho intramolecular Hbond substituents is 1. The molecule has 0 aliphatic carbocycles. The molecule has 3 saturated heterocycles. The highest BCUT2D eigenvalue weighted by Gasteiger charge is 2.50. The largest absolute Gasteiger partial charge is 0.508 e. The maximum Gasteiger partial charge on any atom is 0.343 e. The van der Waals surface area contributed by atoms with E-state index in [4.69, 9.17) is 33.5 Å². The molecule has 0 spiro atoms. The van der Waals surface area contributed by atoms with Crippen LogP contribution in [0.15, 0.2) is 71.5 Å². The molecule has 65 heavy (non-hydrogen) atoms. The lowest BCUT2D eigenvalue weighted by Crippen LogP contribution is -2.48. The Kier molecular flexibility index (Phi) is 10.7. The Morgan fingerprint density at radius 2 is 1.62 bits per heavy atom. The number of halogens is 1. The second kappa shape index (κ2) is 16.2. The number of piperazine rings is 1. The van der Waals surface area contributed by atoms with E-state index in [1.165, 1.54) is 4.90 Å². The molecule has 1 atom stereocenters. The van der Waals surface area contributed by atoms with Crippen molar-refractivity contribution in [3.05, 3.63) is 110 Å². The van der Waals surface area contributed by atoms with Crippen molar-refractivity contribution >= 4 is 68.8 Å². The number of benzene rings is 3. The van der Waals surface area contributed by atoms with Crippen molar-refractivity contribution < 1.29 is 24.5 Å². The van der Waals surface area contributed by atoms with Crippen LogP contribution in [0.4, 0.5) is 17.1 Å². The number of aromatic nitrogens is 2. The molecule has 2 aromatic heterocycles. The molecule has 0 bridgehead atoms. The highest BCUT2D eigenvalue weighted by atomic mass is 35.5. The number of rotatable bonds is 8. The Morgan fingerprint density at radius 3 is 2.31 bits per heavy atom. The second-order valence-corrected chi connectivity index (χ2v) is 19.1. The number of fused-ring (bicyclic) bond motifs is 5. The van der Waals surface area contributed by atoms with E-state index in [1.54, 1.807) is 47.9 Å². The third-order valence-corrected chi connectivity index (χ3v) is 14.9. The first kappa shape index (κ1) is 43.0. The van der Waals surface area contributed by atoms with Crippen LogP contribution in [0.1, 0.15) is 67.9 Å². The summed E-state index contributed by atoms with van der Waals surface area (Å²) in [4.78, 5) is 55.7. The van der Waals surface area contributed by atoms with E-state index in [0.29, 0.717) is 52.3 Å². The van der Waals surface area contributed by atoms with Crippen LogP contribution in [0.5, 0.6) is 5.75 Å². The van der Waals surface area contributed by atoms with Crippen molar-refractivity contribution in [2.24, 2.45) is 5.92 Å². The van der Waals surface area contributed by atoms with Crippen LogP contribution >= 0.6 is 23.8 Å². The molecule has 7 heterocycles. The van der Waals surface area contributed by atoms with E-state index < -0.39 is 17.1 Å². The lowest BCUT2D eigenvalue weighted by Gasteiger charge is -2.39. The fourth-order valence-corrected chi connectivity index (χ4v) is 11.1. The first-order valence-electron chi connectivity index (χ1n) is 22.2. The van der Waals surface area contributed by atoms with Gasteiger partial charge in [-0.3, -0.25) is 19.4 Å². The first-order valence-corrected chi connectivity index (χ1v) is 23.0. The lowest BCUT2D eigenvalue weighted by molar-refractivity contribution is -0.172. The standard InChI is InChI=1S/C49H49ClN8O6S/c1-4-49(63)38-23-41-43-31(26-56(41)44(60)37(38)28-64-46(49)62)21-35-36(42(59)12-11-40(35)52-43)27-54-19-17-53(18-20-54)25-29-13-15-55(16-14-29)32-7-9-33(10-8-32)58-47(65)57(45(61)48(58,2)3)34-6-5-30(24-51)39(50)22-34/h5-12,21-23,29,59,63H,4,13-20,25-28H2,1-3H3/t49-/m0/s1. The highest BCUT2D eigenvalue weighted by Crippen LogP contribution is 2.41. The van der Waals surface area contributed by atoms with Crippen LogP contribution in [0.3, 0.4) is 0 Å². The number of carbonyl (C=O) groups excluding carboxylic acids is 2. The maximum absolute atomic E-state index is 13.7. The van der Waals surface area contributed by atoms with Crippen LogP contribution in [0.25, 0.3) is 22.3 Å². The van der Waals surface area contributed by atoms with Gasteiger partial charge in [-0.2, -0.15) is 5.26 Å². The summed E-state index contributed by atoms with van der Waals surface area (Å²) in [6.45, 7) is 12.7.